The maximum atomic E-state index is 12.6. The van der Waals surface area contributed by atoms with Gasteiger partial charge in [-0.15, -0.1) is 0 Å². The van der Waals surface area contributed by atoms with Gasteiger partial charge in [0.25, 0.3) is 11.8 Å². The first-order valence-corrected chi connectivity index (χ1v) is 11.1. The molecule has 2 aliphatic heterocycles. The van der Waals surface area contributed by atoms with Crippen molar-refractivity contribution in [2.24, 2.45) is 0 Å². The van der Waals surface area contributed by atoms with Crippen molar-refractivity contribution in [1.29, 1.82) is 0 Å². The zero-order valence-electron chi connectivity index (χ0n) is 18.6. The van der Waals surface area contributed by atoms with Gasteiger partial charge in [0.15, 0.2) is 0 Å². The lowest BCUT2D eigenvalue weighted by Crippen LogP contribution is -2.54. The van der Waals surface area contributed by atoms with Crippen LogP contribution in [0, 0.1) is 0 Å². The summed E-state index contributed by atoms with van der Waals surface area (Å²) in [6.45, 7) is 6.32. The number of nitrogens with zero attached hydrogens (tertiary/aromatic N) is 1. The fourth-order valence-electron chi connectivity index (χ4n) is 4.54. The summed E-state index contributed by atoms with van der Waals surface area (Å²) in [6, 6.07) is 16.3. The van der Waals surface area contributed by atoms with Gasteiger partial charge in [-0.05, 0) is 61.9 Å². The molecular weight excluding hydrogens is 416 g/mol. The standard InChI is InChI=1S/C26H26N4O3/c1-16-13-30(14-17(2)28-16)21-6-4-20(5-7-21)27-12-24-23-11-18(19-9-10-33-15-19)3-8-22(23)25(31)29-26(24)32/h3-12,15-17,27-28H,13-14H2,1-2H3,(H,29,31,32)/b24-12-/t16-,17+. The van der Waals surface area contributed by atoms with Crippen molar-refractivity contribution >= 4 is 28.8 Å². The number of furan rings is 1. The minimum atomic E-state index is -0.426. The van der Waals surface area contributed by atoms with Crippen LogP contribution in [0.4, 0.5) is 11.4 Å². The third-order valence-corrected chi connectivity index (χ3v) is 6.05. The van der Waals surface area contributed by atoms with Gasteiger partial charge in [0.1, 0.15) is 0 Å². The van der Waals surface area contributed by atoms with Crippen LogP contribution in [-0.4, -0.2) is 37.0 Å². The molecule has 0 saturated carbocycles. The Kier molecular flexibility index (Phi) is 5.48. The third-order valence-electron chi connectivity index (χ3n) is 6.05. The Bertz CT molecular complexity index is 1200. The fraction of sp³-hybridized carbons (Fsp3) is 0.231. The molecule has 2 atom stereocenters. The molecule has 33 heavy (non-hydrogen) atoms. The van der Waals surface area contributed by atoms with Gasteiger partial charge in [0.2, 0.25) is 0 Å². The highest BCUT2D eigenvalue weighted by molar-refractivity contribution is 6.31. The number of carbonyl (C=O) groups is 2. The molecule has 3 heterocycles. The molecule has 1 aromatic heterocycles. The molecule has 0 bridgehead atoms. The fourth-order valence-corrected chi connectivity index (χ4v) is 4.54. The van der Waals surface area contributed by atoms with E-state index in [0.717, 1.165) is 29.9 Å². The minimum Gasteiger partial charge on any atom is -0.472 e. The first-order chi connectivity index (χ1) is 16.0. The average molecular weight is 443 g/mol. The lowest BCUT2D eigenvalue weighted by Gasteiger charge is -2.37. The van der Waals surface area contributed by atoms with E-state index >= 15 is 0 Å². The average Bonchev–Trinajstić information content (AvgIpc) is 3.33. The Labute approximate surface area is 192 Å². The highest BCUT2D eigenvalue weighted by atomic mass is 16.3. The second-order valence-corrected chi connectivity index (χ2v) is 8.68. The third kappa shape index (κ3) is 4.27. The molecule has 3 N–H and O–H groups in total. The van der Waals surface area contributed by atoms with E-state index in [1.54, 1.807) is 24.8 Å². The van der Waals surface area contributed by atoms with Crippen LogP contribution in [0.3, 0.4) is 0 Å². The summed E-state index contributed by atoms with van der Waals surface area (Å²) in [4.78, 5) is 27.4. The van der Waals surface area contributed by atoms with E-state index in [4.69, 9.17) is 4.42 Å². The van der Waals surface area contributed by atoms with E-state index in [0.29, 0.717) is 28.8 Å². The Balaban J connectivity index is 1.39. The quantitative estimate of drug-likeness (QED) is 0.420. The molecular formula is C26H26N4O3. The van der Waals surface area contributed by atoms with E-state index in [1.807, 2.05) is 30.3 Å². The van der Waals surface area contributed by atoms with E-state index in [2.05, 4.69) is 46.8 Å². The van der Waals surface area contributed by atoms with Crippen LogP contribution in [0.15, 0.2) is 71.7 Å². The molecule has 168 valence electrons. The second kappa shape index (κ2) is 8.60. The van der Waals surface area contributed by atoms with E-state index in [9.17, 15) is 9.59 Å². The van der Waals surface area contributed by atoms with Crippen LogP contribution in [-0.2, 0) is 4.79 Å². The predicted octanol–water partition coefficient (Wildman–Crippen LogP) is 3.86. The van der Waals surface area contributed by atoms with Gasteiger partial charge in [-0.25, -0.2) is 0 Å². The van der Waals surface area contributed by atoms with Crippen LogP contribution >= 0.6 is 0 Å². The van der Waals surface area contributed by atoms with Crippen molar-refractivity contribution in [2.45, 2.75) is 25.9 Å². The maximum absolute atomic E-state index is 12.6. The van der Waals surface area contributed by atoms with Gasteiger partial charge in [0, 0.05) is 59.4 Å². The molecule has 7 heteroatoms. The largest absolute Gasteiger partial charge is 0.472 e. The van der Waals surface area contributed by atoms with Crippen molar-refractivity contribution in [2.75, 3.05) is 23.3 Å². The summed E-state index contributed by atoms with van der Waals surface area (Å²) in [7, 11) is 0. The van der Waals surface area contributed by atoms with Crippen molar-refractivity contribution in [1.82, 2.24) is 10.6 Å². The summed E-state index contributed by atoms with van der Waals surface area (Å²) in [5.74, 6) is -0.820. The molecule has 1 fully saturated rings. The van der Waals surface area contributed by atoms with Crippen molar-refractivity contribution in [3.63, 3.8) is 0 Å². The highest BCUT2D eigenvalue weighted by Crippen LogP contribution is 2.30. The van der Waals surface area contributed by atoms with E-state index in [1.165, 1.54) is 5.69 Å². The van der Waals surface area contributed by atoms with Crippen LogP contribution in [0.5, 0.6) is 0 Å². The molecule has 2 amide bonds. The summed E-state index contributed by atoms with van der Waals surface area (Å²) < 4.78 is 5.17. The predicted molar refractivity (Wildman–Crippen MR) is 129 cm³/mol. The number of hydrogen-bond donors (Lipinski definition) is 3. The number of carbonyl (C=O) groups excluding carboxylic acids is 2. The Morgan fingerprint density at radius 1 is 0.939 bits per heavy atom. The van der Waals surface area contributed by atoms with Gasteiger partial charge in [-0.1, -0.05) is 6.07 Å². The summed E-state index contributed by atoms with van der Waals surface area (Å²) >= 11 is 0. The number of rotatable bonds is 4. The molecule has 2 aliphatic rings. The molecule has 2 aromatic carbocycles. The number of nitrogens with one attached hydrogen (secondary N) is 3. The number of imide groups is 1. The Hall–Kier alpha value is -3.84. The number of amides is 2. The summed E-state index contributed by atoms with van der Waals surface area (Å²) in [5, 5.41) is 9.18. The molecule has 5 rings (SSSR count). The van der Waals surface area contributed by atoms with Crippen LogP contribution < -0.4 is 20.9 Å². The highest BCUT2D eigenvalue weighted by Gasteiger charge is 2.27. The van der Waals surface area contributed by atoms with Crippen LogP contribution in [0.1, 0.15) is 29.8 Å². The van der Waals surface area contributed by atoms with E-state index < -0.39 is 11.8 Å². The summed E-state index contributed by atoms with van der Waals surface area (Å²) in [6.07, 6.45) is 4.88. The lowest BCUT2D eigenvalue weighted by atomic mass is 9.92. The van der Waals surface area contributed by atoms with Gasteiger partial charge < -0.3 is 20.0 Å². The smallest absolute Gasteiger partial charge is 0.260 e. The Morgan fingerprint density at radius 3 is 2.39 bits per heavy atom. The van der Waals surface area contributed by atoms with E-state index in [-0.39, 0.29) is 0 Å². The van der Waals surface area contributed by atoms with Gasteiger partial charge >= 0.3 is 0 Å². The van der Waals surface area contributed by atoms with Crippen LogP contribution in [0.25, 0.3) is 16.7 Å². The van der Waals surface area contributed by atoms with Gasteiger partial charge in [0.05, 0.1) is 18.1 Å². The number of hydrogen-bond acceptors (Lipinski definition) is 6. The normalized spacial score (nSPS) is 21.6. The molecule has 0 aliphatic carbocycles. The molecule has 1 saturated heterocycles. The number of anilines is 2. The monoisotopic (exact) mass is 442 g/mol. The molecule has 0 unspecified atom stereocenters. The van der Waals surface area contributed by atoms with Crippen molar-refractivity contribution < 1.29 is 14.0 Å². The SMILES string of the molecule is C[C@@H]1CN(c2ccc(N/C=C3\C(=O)NC(=O)c4ccc(-c5ccoc5)cc43)cc2)C[C@H](C)N1. The number of benzene rings is 2. The first-order valence-electron chi connectivity index (χ1n) is 11.1. The Morgan fingerprint density at radius 2 is 1.70 bits per heavy atom. The molecule has 7 nitrogen and oxygen atoms in total. The number of piperazine rings is 1. The summed E-state index contributed by atoms with van der Waals surface area (Å²) in [5.41, 5.74) is 5.26. The first kappa shape index (κ1) is 21.0. The van der Waals surface area contributed by atoms with Crippen LogP contribution in [0.2, 0.25) is 0 Å². The zero-order chi connectivity index (χ0) is 22.9. The lowest BCUT2D eigenvalue weighted by molar-refractivity contribution is -0.114. The van der Waals surface area contributed by atoms with Crippen molar-refractivity contribution in [3.8, 4) is 11.1 Å². The number of fused-ring (bicyclic) bond motifs is 1. The topological polar surface area (TPSA) is 86.6 Å². The molecule has 0 radical (unpaired) electrons. The molecule has 3 aromatic rings. The van der Waals surface area contributed by atoms with Gasteiger partial charge in [-0.2, -0.15) is 0 Å². The molecule has 0 spiro atoms. The van der Waals surface area contributed by atoms with Gasteiger partial charge in [-0.3, -0.25) is 14.9 Å². The maximum Gasteiger partial charge on any atom is 0.260 e. The van der Waals surface area contributed by atoms with Crippen molar-refractivity contribution in [3.05, 3.63) is 78.4 Å². The second-order valence-electron chi connectivity index (χ2n) is 8.68. The minimum absolute atomic E-state index is 0.394. The zero-order valence-corrected chi connectivity index (χ0v) is 18.6.